The van der Waals surface area contributed by atoms with Crippen molar-refractivity contribution < 1.29 is 9.59 Å². The molecule has 5 heteroatoms. The first-order chi connectivity index (χ1) is 9.13. The molecular formula is C14H25N3O2. The molecule has 0 aromatic carbocycles. The summed E-state index contributed by atoms with van der Waals surface area (Å²) in [5.74, 6) is -1.24. The van der Waals surface area contributed by atoms with Crippen LogP contribution in [0.2, 0.25) is 0 Å². The predicted molar refractivity (Wildman–Crippen MR) is 75.8 cm³/mol. The molecule has 5 nitrogen and oxygen atoms in total. The Bertz CT molecular complexity index is 334. The van der Waals surface area contributed by atoms with E-state index in [-0.39, 0.29) is 6.04 Å². The number of hydrogen-bond acceptors (Lipinski definition) is 3. The van der Waals surface area contributed by atoms with Gasteiger partial charge < -0.3 is 5.32 Å². The van der Waals surface area contributed by atoms with Crippen LogP contribution in [0.3, 0.4) is 0 Å². The summed E-state index contributed by atoms with van der Waals surface area (Å²) >= 11 is 0. The summed E-state index contributed by atoms with van der Waals surface area (Å²) in [6.07, 6.45) is 8.39. The van der Waals surface area contributed by atoms with Gasteiger partial charge in [-0.05, 0) is 32.6 Å². The standard InChI is InChI=1S/C14H25N3O2/c1-3-4-8-11(2)16-17-14(19)13(18)15-12-9-6-5-7-10-12/h12H,3-10H2,1-2H3,(H,15,18)(H,17,19)/b16-11+. The van der Waals surface area contributed by atoms with Crippen molar-refractivity contribution in [1.82, 2.24) is 10.7 Å². The normalized spacial score (nSPS) is 17.1. The summed E-state index contributed by atoms with van der Waals surface area (Å²) in [6.45, 7) is 3.96. The number of nitrogens with one attached hydrogen (secondary N) is 2. The van der Waals surface area contributed by atoms with E-state index < -0.39 is 11.8 Å². The van der Waals surface area contributed by atoms with Gasteiger partial charge in [-0.15, -0.1) is 0 Å². The number of amides is 2. The van der Waals surface area contributed by atoms with Gasteiger partial charge in [0.1, 0.15) is 0 Å². The summed E-state index contributed by atoms with van der Waals surface area (Å²) in [5, 5.41) is 6.70. The average molecular weight is 267 g/mol. The average Bonchev–Trinajstić information content (AvgIpc) is 2.43. The molecule has 0 atom stereocenters. The number of carbonyl (C=O) groups excluding carboxylic acids is 2. The summed E-state index contributed by atoms with van der Waals surface area (Å²) < 4.78 is 0. The van der Waals surface area contributed by atoms with Gasteiger partial charge in [0.2, 0.25) is 0 Å². The van der Waals surface area contributed by atoms with Crippen LogP contribution in [-0.4, -0.2) is 23.6 Å². The third-order valence-electron chi connectivity index (χ3n) is 3.39. The molecule has 0 aromatic heterocycles. The Morgan fingerprint density at radius 2 is 1.84 bits per heavy atom. The number of unbranched alkanes of at least 4 members (excludes halogenated alkanes) is 1. The van der Waals surface area contributed by atoms with E-state index in [1.54, 1.807) is 0 Å². The lowest BCUT2D eigenvalue weighted by atomic mass is 9.95. The van der Waals surface area contributed by atoms with Crippen LogP contribution in [0, 0.1) is 0 Å². The van der Waals surface area contributed by atoms with Gasteiger partial charge in [0.25, 0.3) is 0 Å². The largest absolute Gasteiger partial charge is 0.345 e. The molecule has 19 heavy (non-hydrogen) atoms. The first-order valence-corrected chi connectivity index (χ1v) is 7.27. The van der Waals surface area contributed by atoms with E-state index in [0.29, 0.717) is 0 Å². The van der Waals surface area contributed by atoms with Crippen LogP contribution in [-0.2, 0) is 9.59 Å². The van der Waals surface area contributed by atoms with Gasteiger partial charge in [0.15, 0.2) is 0 Å². The van der Waals surface area contributed by atoms with E-state index in [2.05, 4.69) is 22.8 Å². The molecule has 0 heterocycles. The molecule has 2 N–H and O–H groups in total. The van der Waals surface area contributed by atoms with Crippen molar-refractivity contribution in [3.05, 3.63) is 0 Å². The lowest BCUT2D eigenvalue weighted by molar-refractivity contribution is -0.139. The SMILES string of the molecule is CCCC/C(C)=N/NC(=O)C(=O)NC1CCCCC1. The number of nitrogens with zero attached hydrogens (tertiary/aromatic N) is 1. The summed E-state index contributed by atoms with van der Waals surface area (Å²) in [5.41, 5.74) is 3.17. The second-order valence-electron chi connectivity index (χ2n) is 5.20. The molecule has 0 aliphatic heterocycles. The Kier molecular flexibility index (Phi) is 7.15. The Hall–Kier alpha value is -1.39. The maximum Gasteiger partial charge on any atom is 0.329 e. The quantitative estimate of drug-likeness (QED) is 0.455. The van der Waals surface area contributed by atoms with Crippen LogP contribution in [0.25, 0.3) is 0 Å². The number of rotatable bonds is 5. The van der Waals surface area contributed by atoms with Crippen LogP contribution >= 0.6 is 0 Å². The summed E-state index contributed by atoms with van der Waals surface area (Å²) in [4.78, 5) is 23.2. The van der Waals surface area contributed by atoms with E-state index in [1.807, 2.05) is 6.92 Å². The first-order valence-electron chi connectivity index (χ1n) is 7.27. The van der Waals surface area contributed by atoms with Gasteiger partial charge in [-0.25, -0.2) is 5.43 Å². The monoisotopic (exact) mass is 267 g/mol. The van der Waals surface area contributed by atoms with E-state index >= 15 is 0 Å². The maximum absolute atomic E-state index is 11.6. The van der Waals surface area contributed by atoms with Gasteiger partial charge >= 0.3 is 11.8 Å². The minimum atomic E-state index is -0.665. The van der Waals surface area contributed by atoms with Crippen molar-refractivity contribution in [2.45, 2.75) is 71.3 Å². The molecule has 1 aliphatic rings. The molecular weight excluding hydrogens is 242 g/mol. The minimum absolute atomic E-state index is 0.150. The van der Waals surface area contributed by atoms with Crippen molar-refractivity contribution in [1.29, 1.82) is 0 Å². The Morgan fingerprint density at radius 3 is 2.47 bits per heavy atom. The van der Waals surface area contributed by atoms with E-state index in [9.17, 15) is 9.59 Å². The summed E-state index contributed by atoms with van der Waals surface area (Å²) in [6, 6.07) is 0.150. The van der Waals surface area contributed by atoms with Crippen LogP contribution in [0.4, 0.5) is 0 Å². The Morgan fingerprint density at radius 1 is 1.16 bits per heavy atom. The predicted octanol–water partition coefficient (Wildman–Crippen LogP) is 2.12. The van der Waals surface area contributed by atoms with Gasteiger partial charge in [-0.2, -0.15) is 5.10 Å². The second-order valence-corrected chi connectivity index (χ2v) is 5.20. The van der Waals surface area contributed by atoms with Crippen molar-refractivity contribution in [2.75, 3.05) is 0 Å². The summed E-state index contributed by atoms with van der Waals surface area (Å²) in [7, 11) is 0. The molecule has 1 aliphatic carbocycles. The Balaban J connectivity index is 2.29. The highest BCUT2D eigenvalue weighted by Crippen LogP contribution is 2.17. The zero-order valence-corrected chi connectivity index (χ0v) is 12.0. The molecule has 1 saturated carbocycles. The van der Waals surface area contributed by atoms with Gasteiger partial charge in [-0.3, -0.25) is 9.59 Å². The second kappa shape index (κ2) is 8.67. The van der Waals surface area contributed by atoms with Crippen LogP contribution in [0.5, 0.6) is 0 Å². The van der Waals surface area contributed by atoms with Crippen molar-refractivity contribution >= 4 is 17.5 Å². The highest BCUT2D eigenvalue weighted by Gasteiger charge is 2.19. The molecule has 0 bridgehead atoms. The Labute approximate surface area is 115 Å². The smallest absolute Gasteiger partial charge is 0.329 e. The number of hydrazone groups is 1. The van der Waals surface area contributed by atoms with Crippen molar-refractivity contribution in [2.24, 2.45) is 5.10 Å². The van der Waals surface area contributed by atoms with Crippen molar-refractivity contribution in [3.63, 3.8) is 0 Å². The van der Waals surface area contributed by atoms with E-state index in [4.69, 9.17) is 0 Å². The zero-order chi connectivity index (χ0) is 14.1. The minimum Gasteiger partial charge on any atom is -0.345 e. The molecule has 0 aromatic rings. The highest BCUT2D eigenvalue weighted by molar-refractivity contribution is 6.35. The van der Waals surface area contributed by atoms with Crippen LogP contribution < -0.4 is 10.7 Å². The number of hydrogen-bond donors (Lipinski definition) is 2. The molecule has 0 unspecified atom stereocenters. The zero-order valence-electron chi connectivity index (χ0n) is 12.0. The third kappa shape index (κ3) is 6.36. The molecule has 1 fully saturated rings. The van der Waals surface area contributed by atoms with E-state index in [1.165, 1.54) is 6.42 Å². The molecule has 108 valence electrons. The maximum atomic E-state index is 11.6. The number of carbonyl (C=O) groups is 2. The van der Waals surface area contributed by atoms with Gasteiger partial charge in [0, 0.05) is 11.8 Å². The van der Waals surface area contributed by atoms with Crippen molar-refractivity contribution in [3.8, 4) is 0 Å². The molecule has 2 amide bonds. The molecule has 0 spiro atoms. The van der Waals surface area contributed by atoms with E-state index in [0.717, 1.165) is 50.7 Å². The fourth-order valence-electron chi connectivity index (χ4n) is 2.18. The molecule has 0 saturated heterocycles. The first kappa shape index (κ1) is 15.7. The topological polar surface area (TPSA) is 70.6 Å². The fourth-order valence-corrected chi connectivity index (χ4v) is 2.18. The fraction of sp³-hybridized carbons (Fsp3) is 0.786. The van der Waals surface area contributed by atoms with Crippen LogP contribution in [0.1, 0.15) is 65.2 Å². The van der Waals surface area contributed by atoms with Gasteiger partial charge in [0.05, 0.1) is 0 Å². The van der Waals surface area contributed by atoms with Gasteiger partial charge in [-0.1, -0.05) is 32.6 Å². The highest BCUT2D eigenvalue weighted by atomic mass is 16.2. The van der Waals surface area contributed by atoms with Crippen LogP contribution in [0.15, 0.2) is 5.10 Å². The third-order valence-corrected chi connectivity index (χ3v) is 3.39. The lowest BCUT2D eigenvalue weighted by Gasteiger charge is -2.22. The molecule has 1 rings (SSSR count). The molecule has 0 radical (unpaired) electrons. The lowest BCUT2D eigenvalue weighted by Crippen LogP contribution is -2.44.